The Morgan fingerprint density at radius 2 is 1.77 bits per heavy atom. The fraction of sp³-hybridized carbons (Fsp3) is 0.538. The van der Waals surface area contributed by atoms with E-state index in [0.717, 1.165) is 11.5 Å². The number of fused-ring (bicyclic) bond motifs is 1. The zero-order valence-electron chi connectivity index (χ0n) is 20.7. The number of hydrogen-bond acceptors (Lipinski definition) is 4. The van der Waals surface area contributed by atoms with Gasteiger partial charge in [-0.25, -0.2) is 13.4 Å². The molecule has 0 unspecified atom stereocenters. The first-order chi connectivity index (χ1) is 16.1. The molecule has 3 rings (SSSR count). The second kappa shape index (κ2) is 9.35. The van der Waals surface area contributed by atoms with Crippen molar-refractivity contribution >= 4 is 15.9 Å². The summed E-state index contributed by atoms with van der Waals surface area (Å²) in [4.78, 5) is 5.00. The van der Waals surface area contributed by atoms with Crippen molar-refractivity contribution in [3.8, 4) is 6.07 Å². The summed E-state index contributed by atoms with van der Waals surface area (Å²) >= 11 is 0. The molecule has 1 aliphatic carbocycles. The van der Waals surface area contributed by atoms with E-state index in [1.165, 1.54) is 6.07 Å². The quantitative estimate of drug-likeness (QED) is 0.431. The van der Waals surface area contributed by atoms with Crippen LogP contribution in [0.25, 0.3) is 6.08 Å². The molecule has 0 saturated heterocycles. The van der Waals surface area contributed by atoms with E-state index in [1.54, 1.807) is 26.0 Å². The van der Waals surface area contributed by atoms with Gasteiger partial charge in [0.25, 0.3) is 0 Å². The van der Waals surface area contributed by atoms with Gasteiger partial charge in [-0.3, -0.25) is 0 Å². The van der Waals surface area contributed by atoms with Crippen LogP contribution < -0.4 is 0 Å². The molecule has 0 radical (unpaired) electrons. The molecule has 35 heavy (non-hydrogen) atoms. The van der Waals surface area contributed by atoms with E-state index in [0.29, 0.717) is 30.6 Å². The van der Waals surface area contributed by atoms with E-state index in [9.17, 15) is 21.6 Å². The first-order valence-electron chi connectivity index (χ1n) is 11.5. The van der Waals surface area contributed by atoms with Gasteiger partial charge in [-0.2, -0.15) is 18.4 Å². The molecule has 1 aromatic carbocycles. The van der Waals surface area contributed by atoms with Gasteiger partial charge in [0.2, 0.25) is 0 Å². The van der Waals surface area contributed by atoms with Gasteiger partial charge in [0, 0.05) is 34.5 Å². The number of halogens is 3. The Morgan fingerprint density at radius 1 is 1.09 bits per heavy atom. The van der Waals surface area contributed by atoms with Crippen LogP contribution in [0, 0.1) is 23.5 Å². The largest absolute Gasteiger partial charge is 0.389 e. The van der Waals surface area contributed by atoms with Gasteiger partial charge < -0.3 is 4.57 Å². The van der Waals surface area contributed by atoms with Crippen molar-refractivity contribution in [2.24, 2.45) is 0 Å². The van der Waals surface area contributed by atoms with Crippen molar-refractivity contribution in [2.75, 3.05) is 0 Å². The third kappa shape index (κ3) is 5.56. The maximum Gasteiger partial charge on any atom is 0.389 e. The number of rotatable bonds is 7. The molecule has 0 amide bonds. The first kappa shape index (κ1) is 26.8. The second-order valence-corrected chi connectivity index (χ2v) is 12.9. The Hall–Kier alpha value is -2.78. The summed E-state index contributed by atoms with van der Waals surface area (Å²) in [6.45, 7) is 9.55. The third-order valence-corrected chi connectivity index (χ3v) is 8.88. The average Bonchev–Trinajstić information content (AvgIpc) is 3.14. The van der Waals surface area contributed by atoms with Crippen molar-refractivity contribution in [1.29, 1.82) is 5.26 Å². The van der Waals surface area contributed by atoms with Crippen molar-refractivity contribution < 1.29 is 21.6 Å². The molecule has 188 valence electrons. The third-order valence-electron chi connectivity index (χ3n) is 6.31. The molecule has 0 fully saturated rings. The molecule has 1 aliphatic rings. The summed E-state index contributed by atoms with van der Waals surface area (Å²) in [5.74, 6) is 0.735. The summed E-state index contributed by atoms with van der Waals surface area (Å²) in [5, 5.41) is 8.99. The van der Waals surface area contributed by atoms with Crippen LogP contribution in [-0.4, -0.2) is 24.1 Å². The van der Waals surface area contributed by atoms with Gasteiger partial charge in [0.15, 0.2) is 9.84 Å². The van der Waals surface area contributed by atoms with E-state index in [2.05, 4.69) is 12.1 Å². The minimum Gasteiger partial charge on any atom is -0.331 e. The fourth-order valence-electron chi connectivity index (χ4n) is 4.24. The predicted molar refractivity (Wildman–Crippen MR) is 128 cm³/mol. The molecule has 0 atom stereocenters. The van der Waals surface area contributed by atoms with Crippen LogP contribution in [0.5, 0.6) is 0 Å². The second-order valence-electron chi connectivity index (χ2n) is 10.4. The molecule has 9 heteroatoms. The Bertz CT molecular complexity index is 1260. The van der Waals surface area contributed by atoms with Crippen LogP contribution in [0.3, 0.4) is 0 Å². The van der Waals surface area contributed by atoms with Crippen LogP contribution in [-0.2, 0) is 33.0 Å². The molecule has 2 aromatic rings. The number of imidazole rings is 1. The minimum atomic E-state index is -4.18. The number of alkyl halides is 3. The fourth-order valence-corrected chi connectivity index (χ4v) is 5.95. The van der Waals surface area contributed by atoms with E-state index in [4.69, 9.17) is 10.2 Å². The summed E-state index contributed by atoms with van der Waals surface area (Å²) < 4.78 is 65.7. The standard InChI is InChI=1S/C26H30F3N3O2S/c1-24(2,3)23-31-21-16-20(12-13-22(21)32(23)15-7-6-14-26(27,28)29)35(33,34)25(4,5)19-10-8-18(17-30)9-11-19/h8,10,16H,6-7,12-15H2,1-5H3. The molecule has 0 saturated carbocycles. The van der Waals surface area contributed by atoms with Crippen molar-refractivity contribution in [2.45, 2.75) is 89.6 Å². The van der Waals surface area contributed by atoms with E-state index >= 15 is 0 Å². The maximum atomic E-state index is 13.7. The summed E-state index contributed by atoms with van der Waals surface area (Å²) in [6, 6.07) is 10.5. The lowest BCUT2D eigenvalue weighted by atomic mass is 9.95. The zero-order chi connectivity index (χ0) is 26.2. The number of nitrogens with zero attached hydrogens (tertiary/aromatic N) is 3. The van der Waals surface area contributed by atoms with Crippen LogP contribution in [0.2, 0.25) is 0 Å². The van der Waals surface area contributed by atoms with Gasteiger partial charge in [-0.1, -0.05) is 32.9 Å². The molecule has 0 aliphatic heterocycles. The smallest absolute Gasteiger partial charge is 0.331 e. The normalized spacial score (nSPS) is 14.7. The van der Waals surface area contributed by atoms with Gasteiger partial charge in [0.1, 0.15) is 22.2 Å². The molecular weight excluding hydrogens is 475 g/mol. The lowest BCUT2D eigenvalue weighted by Crippen LogP contribution is -2.31. The van der Waals surface area contributed by atoms with E-state index in [1.807, 2.05) is 31.4 Å². The van der Waals surface area contributed by atoms with Crippen molar-refractivity contribution in [1.82, 2.24) is 9.55 Å². The van der Waals surface area contributed by atoms with E-state index < -0.39 is 27.2 Å². The van der Waals surface area contributed by atoms with E-state index in [-0.39, 0.29) is 28.7 Å². The maximum absolute atomic E-state index is 13.7. The highest BCUT2D eigenvalue weighted by atomic mass is 32.2. The molecule has 0 spiro atoms. The van der Waals surface area contributed by atoms with Gasteiger partial charge in [-0.15, -0.1) is 0 Å². The summed E-state index contributed by atoms with van der Waals surface area (Å²) in [7, 11) is -3.80. The SMILES string of the molecule is CC(C)(C)c1nc2c(n1CCCCC(F)(F)F)CCC(S(=O)(=O)C(C)(C)c1c#cc(C#N)cc1)=C2. The monoisotopic (exact) mass is 505 g/mol. The highest BCUT2D eigenvalue weighted by Crippen LogP contribution is 2.39. The molecule has 5 nitrogen and oxygen atoms in total. The Morgan fingerprint density at radius 3 is 2.31 bits per heavy atom. The Balaban J connectivity index is 1.95. The number of hydrogen-bond donors (Lipinski definition) is 0. The molecule has 1 heterocycles. The number of unbranched alkanes of at least 4 members (excludes halogenated alkanes) is 1. The molecule has 0 bridgehead atoms. The molecule has 0 N–H and O–H groups in total. The molecule has 1 aromatic heterocycles. The van der Waals surface area contributed by atoms with Crippen LogP contribution >= 0.6 is 0 Å². The van der Waals surface area contributed by atoms with Gasteiger partial charge in [0.05, 0.1) is 5.69 Å². The van der Waals surface area contributed by atoms with Gasteiger partial charge in [-0.05, 0) is 57.7 Å². The van der Waals surface area contributed by atoms with Crippen LogP contribution in [0.4, 0.5) is 13.2 Å². The number of sulfone groups is 1. The van der Waals surface area contributed by atoms with Crippen molar-refractivity contribution in [3.05, 3.63) is 57.5 Å². The first-order valence-corrected chi connectivity index (χ1v) is 13.0. The Kier molecular flexibility index (Phi) is 7.16. The van der Waals surface area contributed by atoms with Crippen LogP contribution in [0.1, 0.15) is 88.6 Å². The van der Waals surface area contributed by atoms with Crippen molar-refractivity contribution in [3.63, 3.8) is 0 Å². The molecular formula is C26H30F3N3O2S. The number of aromatic nitrogens is 2. The minimum absolute atomic E-state index is 0.0296. The number of nitriles is 1. The highest BCUT2D eigenvalue weighted by molar-refractivity contribution is 7.96. The Labute approximate surface area is 205 Å². The topological polar surface area (TPSA) is 75.8 Å². The summed E-state index contributed by atoms with van der Waals surface area (Å²) in [6.07, 6.45) is -2.30. The van der Waals surface area contributed by atoms with Gasteiger partial charge >= 0.3 is 6.18 Å². The summed E-state index contributed by atoms with van der Waals surface area (Å²) in [5.41, 5.74) is 1.74. The zero-order valence-corrected chi connectivity index (χ0v) is 21.5. The number of allylic oxidation sites excluding steroid dienone is 1. The van der Waals surface area contributed by atoms with Crippen LogP contribution in [0.15, 0.2) is 17.0 Å². The average molecular weight is 506 g/mol. The highest BCUT2D eigenvalue weighted by Gasteiger charge is 2.41. The predicted octanol–water partition coefficient (Wildman–Crippen LogP) is 6.02. The lowest BCUT2D eigenvalue weighted by Gasteiger charge is -2.27. The lowest BCUT2D eigenvalue weighted by molar-refractivity contribution is -0.135.